The van der Waals surface area contributed by atoms with E-state index in [1.165, 1.54) is 16.5 Å². The van der Waals surface area contributed by atoms with Gasteiger partial charge in [-0.25, -0.2) is 9.37 Å². The number of hydrogen-bond donors (Lipinski definition) is 1. The first kappa shape index (κ1) is 19.2. The molecule has 0 unspecified atom stereocenters. The number of nitrogens with one attached hydrogen (secondary N) is 1. The van der Waals surface area contributed by atoms with Crippen LogP contribution in [0.3, 0.4) is 0 Å². The maximum Gasteiger partial charge on any atom is 0.230 e. The summed E-state index contributed by atoms with van der Waals surface area (Å²) in [6.45, 7) is 2.73. The van der Waals surface area contributed by atoms with E-state index >= 15 is 0 Å². The van der Waals surface area contributed by atoms with E-state index in [-0.39, 0.29) is 18.1 Å². The molecule has 0 saturated heterocycles. The van der Waals surface area contributed by atoms with Gasteiger partial charge in [-0.3, -0.25) is 9.69 Å². The normalized spacial score (nSPS) is 13.9. The second-order valence-electron chi connectivity index (χ2n) is 6.81. The van der Waals surface area contributed by atoms with E-state index in [1.54, 1.807) is 23.5 Å². The predicted octanol–water partition coefficient (Wildman–Crippen LogP) is 4.78. The summed E-state index contributed by atoms with van der Waals surface area (Å²) in [6, 6.07) is 15.0. The van der Waals surface area contributed by atoms with Crippen molar-refractivity contribution in [2.75, 3.05) is 11.9 Å². The molecule has 1 amide bonds. The average molecular weight is 460 g/mol. The monoisotopic (exact) mass is 459 g/mol. The summed E-state index contributed by atoms with van der Waals surface area (Å²) in [6.07, 6.45) is 1.07. The van der Waals surface area contributed by atoms with Crippen LogP contribution in [-0.2, 0) is 30.7 Å². The van der Waals surface area contributed by atoms with Gasteiger partial charge in [0.15, 0.2) is 5.13 Å². The first-order valence-electron chi connectivity index (χ1n) is 9.05. The van der Waals surface area contributed by atoms with Crippen LogP contribution in [0.4, 0.5) is 9.52 Å². The minimum atomic E-state index is -0.336. The van der Waals surface area contributed by atoms with Crippen LogP contribution < -0.4 is 5.32 Å². The van der Waals surface area contributed by atoms with E-state index < -0.39 is 0 Å². The molecule has 1 aromatic heterocycles. The highest BCUT2D eigenvalue weighted by molar-refractivity contribution is 9.10. The first-order chi connectivity index (χ1) is 13.6. The number of carbonyl (C=O) groups excluding carboxylic acids is 1. The standard InChI is InChI=1S/C21H19BrFN3OS/c22-16-10-15(6-7-17(16)23)11-20(27)25-21-24-18-8-9-26(13-19(18)28-21)12-14-4-2-1-3-5-14/h1-7,10H,8-9,11-13H2,(H,24,25,27). The van der Waals surface area contributed by atoms with Crippen molar-refractivity contribution in [3.63, 3.8) is 0 Å². The predicted molar refractivity (Wildman–Crippen MR) is 113 cm³/mol. The number of amides is 1. The van der Waals surface area contributed by atoms with Crippen molar-refractivity contribution in [3.05, 3.63) is 80.5 Å². The third kappa shape index (κ3) is 4.66. The molecular weight excluding hydrogens is 441 g/mol. The Labute approximate surface area is 175 Å². The van der Waals surface area contributed by atoms with Crippen LogP contribution in [-0.4, -0.2) is 22.3 Å². The SMILES string of the molecule is O=C(Cc1ccc(F)c(Br)c1)Nc1nc2c(s1)CN(Cc1ccccc1)CC2. The summed E-state index contributed by atoms with van der Waals surface area (Å²) in [5, 5.41) is 3.52. The second-order valence-corrected chi connectivity index (χ2v) is 8.75. The Morgan fingerprint density at radius 1 is 1.21 bits per heavy atom. The highest BCUT2D eigenvalue weighted by Gasteiger charge is 2.21. The van der Waals surface area contributed by atoms with Crippen molar-refractivity contribution >= 4 is 38.3 Å². The van der Waals surface area contributed by atoms with Crippen molar-refractivity contribution in [2.45, 2.75) is 25.9 Å². The van der Waals surface area contributed by atoms with Gasteiger partial charge >= 0.3 is 0 Å². The molecule has 1 aliphatic heterocycles. The number of fused-ring (bicyclic) bond motifs is 1. The third-order valence-electron chi connectivity index (χ3n) is 4.65. The molecule has 0 atom stereocenters. The van der Waals surface area contributed by atoms with Crippen molar-refractivity contribution < 1.29 is 9.18 Å². The maximum atomic E-state index is 13.3. The number of benzene rings is 2. The molecule has 1 N–H and O–H groups in total. The molecule has 144 valence electrons. The van der Waals surface area contributed by atoms with E-state index in [2.05, 4.69) is 55.4 Å². The Morgan fingerprint density at radius 3 is 2.82 bits per heavy atom. The molecule has 28 heavy (non-hydrogen) atoms. The lowest BCUT2D eigenvalue weighted by Crippen LogP contribution is -2.29. The van der Waals surface area contributed by atoms with Gasteiger partial charge in [0.25, 0.3) is 0 Å². The minimum absolute atomic E-state index is 0.147. The van der Waals surface area contributed by atoms with Crippen LogP contribution in [0.1, 0.15) is 21.7 Å². The second kappa shape index (κ2) is 8.51. The number of hydrogen-bond acceptors (Lipinski definition) is 4. The van der Waals surface area contributed by atoms with Gasteiger partial charge in [-0.15, -0.1) is 11.3 Å². The highest BCUT2D eigenvalue weighted by atomic mass is 79.9. The number of halogens is 2. The van der Waals surface area contributed by atoms with Gasteiger partial charge in [0.1, 0.15) is 5.82 Å². The quantitative estimate of drug-likeness (QED) is 0.596. The zero-order valence-corrected chi connectivity index (χ0v) is 17.5. The number of anilines is 1. The summed E-state index contributed by atoms with van der Waals surface area (Å²) < 4.78 is 13.7. The lowest BCUT2D eigenvalue weighted by atomic mass is 10.1. The van der Waals surface area contributed by atoms with Gasteiger partial charge in [-0.05, 0) is 39.2 Å². The number of nitrogens with zero attached hydrogens (tertiary/aromatic N) is 2. The molecular formula is C21H19BrFN3OS. The van der Waals surface area contributed by atoms with Gasteiger partial charge in [0.05, 0.1) is 16.6 Å². The van der Waals surface area contributed by atoms with E-state index in [1.807, 2.05) is 6.07 Å². The molecule has 2 aromatic carbocycles. The Bertz CT molecular complexity index is 993. The lowest BCUT2D eigenvalue weighted by molar-refractivity contribution is -0.115. The van der Waals surface area contributed by atoms with Crippen LogP contribution in [0.2, 0.25) is 0 Å². The van der Waals surface area contributed by atoms with Crippen LogP contribution in [0.25, 0.3) is 0 Å². The van der Waals surface area contributed by atoms with Crippen molar-refractivity contribution in [1.29, 1.82) is 0 Å². The van der Waals surface area contributed by atoms with Crippen LogP contribution in [0.5, 0.6) is 0 Å². The average Bonchev–Trinajstić information content (AvgIpc) is 3.07. The van der Waals surface area contributed by atoms with Gasteiger partial charge in [-0.1, -0.05) is 36.4 Å². The fraction of sp³-hybridized carbons (Fsp3) is 0.238. The number of rotatable bonds is 5. The van der Waals surface area contributed by atoms with Gasteiger partial charge in [-0.2, -0.15) is 0 Å². The molecule has 0 aliphatic carbocycles. The number of thiazole rings is 1. The Hall–Kier alpha value is -2.09. The highest BCUT2D eigenvalue weighted by Crippen LogP contribution is 2.29. The van der Waals surface area contributed by atoms with E-state index in [9.17, 15) is 9.18 Å². The molecule has 0 spiro atoms. The molecule has 4 rings (SSSR count). The smallest absolute Gasteiger partial charge is 0.230 e. The molecule has 0 radical (unpaired) electrons. The fourth-order valence-corrected chi connectivity index (χ4v) is 4.77. The third-order valence-corrected chi connectivity index (χ3v) is 6.26. The van der Waals surface area contributed by atoms with Crippen molar-refractivity contribution in [1.82, 2.24) is 9.88 Å². The zero-order valence-electron chi connectivity index (χ0n) is 15.1. The molecule has 0 fully saturated rings. The molecule has 2 heterocycles. The molecule has 7 heteroatoms. The molecule has 3 aromatic rings. The maximum absolute atomic E-state index is 13.3. The van der Waals surface area contributed by atoms with Crippen LogP contribution in [0, 0.1) is 5.82 Å². The number of aromatic nitrogens is 1. The summed E-state index contributed by atoms with van der Waals surface area (Å²) in [5.41, 5.74) is 3.13. The summed E-state index contributed by atoms with van der Waals surface area (Å²) in [5.74, 6) is -0.484. The molecule has 0 saturated carbocycles. The fourth-order valence-electron chi connectivity index (χ4n) is 3.28. The largest absolute Gasteiger partial charge is 0.302 e. The summed E-state index contributed by atoms with van der Waals surface area (Å²) in [4.78, 5) is 20.5. The summed E-state index contributed by atoms with van der Waals surface area (Å²) >= 11 is 4.69. The zero-order chi connectivity index (χ0) is 19.5. The minimum Gasteiger partial charge on any atom is -0.302 e. The van der Waals surface area contributed by atoms with Crippen molar-refractivity contribution in [3.8, 4) is 0 Å². The van der Waals surface area contributed by atoms with E-state index in [0.717, 1.165) is 37.3 Å². The van der Waals surface area contributed by atoms with E-state index in [4.69, 9.17) is 0 Å². The molecule has 1 aliphatic rings. The number of carbonyl (C=O) groups is 1. The lowest BCUT2D eigenvalue weighted by Gasteiger charge is -2.25. The Kier molecular flexibility index (Phi) is 5.85. The topological polar surface area (TPSA) is 45.2 Å². The first-order valence-corrected chi connectivity index (χ1v) is 10.7. The Morgan fingerprint density at radius 2 is 2.04 bits per heavy atom. The van der Waals surface area contributed by atoms with Crippen molar-refractivity contribution in [2.24, 2.45) is 0 Å². The summed E-state index contributed by atoms with van der Waals surface area (Å²) in [7, 11) is 0. The molecule has 0 bridgehead atoms. The van der Waals surface area contributed by atoms with Crippen LogP contribution in [0.15, 0.2) is 53.0 Å². The van der Waals surface area contributed by atoms with Gasteiger partial charge in [0.2, 0.25) is 5.91 Å². The molecule has 4 nitrogen and oxygen atoms in total. The van der Waals surface area contributed by atoms with Crippen LogP contribution >= 0.6 is 27.3 Å². The van der Waals surface area contributed by atoms with Gasteiger partial charge in [0, 0.05) is 30.9 Å². The van der Waals surface area contributed by atoms with Gasteiger partial charge < -0.3 is 5.32 Å². The Balaban J connectivity index is 1.37. The van der Waals surface area contributed by atoms with E-state index in [0.29, 0.717) is 9.60 Å².